The van der Waals surface area contributed by atoms with E-state index in [2.05, 4.69) is 10.6 Å². The number of ether oxygens (including phenoxy) is 1. The van der Waals surface area contributed by atoms with Gasteiger partial charge in [-0.15, -0.1) is 0 Å². The van der Waals surface area contributed by atoms with Gasteiger partial charge in [-0.1, -0.05) is 0 Å². The fourth-order valence-electron chi connectivity index (χ4n) is 1.85. The maximum absolute atomic E-state index is 12.7. The summed E-state index contributed by atoms with van der Waals surface area (Å²) in [6.07, 6.45) is 1.29. The first-order valence-electron chi connectivity index (χ1n) is 7.53. The van der Waals surface area contributed by atoms with Gasteiger partial charge in [-0.05, 0) is 36.4 Å². The third kappa shape index (κ3) is 6.86. The summed E-state index contributed by atoms with van der Waals surface area (Å²) in [4.78, 5) is 34.7. The van der Waals surface area contributed by atoms with Gasteiger partial charge < -0.3 is 19.8 Å². The molecule has 0 aliphatic heterocycles. The number of carbonyl (C=O) groups is 3. The lowest BCUT2D eigenvalue weighted by Crippen LogP contribution is -2.24. The van der Waals surface area contributed by atoms with Crippen LogP contribution < -0.4 is 10.6 Å². The minimum Gasteiger partial charge on any atom is -0.467 e. The molecule has 132 valence electrons. The van der Waals surface area contributed by atoms with Gasteiger partial charge in [-0.2, -0.15) is 0 Å². The van der Waals surface area contributed by atoms with Crippen molar-refractivity contribution in [2.24, 2.45) is 0 Å². The lowest BCUT2D eigenvalue weighted by molar-refractivity contribution is -0.148. The lowest BCUT2D eigenvalue weighted by Gasteiger charge is -2.07. The Morgan fingerprint density at radius 2 is 1.80 bits per heavy atom. The molecule has 1 heterocycles. The summed E-state index contributed by atoms with van der Waals surface area (Å²) in [5, 5.41) is 5.04. The minimum absolute atomic E-state index is 0.0564. The summed E-state index contributed by atoms with van der Waals surface area (Å²) < 4.78 is 22.6. The molecule has 0 spiro atoms. The Morgan fingerprint density at radius 1 is 1.04 bits per heavy atom. The zero-order valence-electron chi connectivity index (χ0n) is 13.3. The molecule has 0 aliphatic rings. The van der Waals surface area contributed by atoms with E-state index in [1.807, 2.05) is 0 Å². The van der Waals surface area contributed by atoms with Gasteiger partial charge in [0.2, 0.25) is 5.91 Å². The van der Waals surface area contributed by atoms with Crippen LogP contribution in [0.5, 0.6) is 0 Å². The molecule has 0 saturated carbocycles. The molecular weight excluding hydrogens is 331 g/mol. The number of anilines is 1. The van der Waals surface area contributed by atoms with E-state index in [4.69, 9.17) is 9.15 Å². The second kappa shape index (κ2) is 9.21. The van der Waals surface area contributed by atoms with Crippen LogP contribution in [-0.2, 0) is 25.7 Å². The number of hydrogen-bond donors (Lipinski definition) is 2. The molecular formula is C17H17FN2O5. The fourth-order valence-corrected chi connectivity index (χ4v) is 1.85. The van der Waals surface area contributed by atoms with E-state index in [-0.39, 0.29) is 25.3 Å². The van der Waals surface area contributed by atoms with Gasteiger partial charge in [-0.3, -0.25) is 14.4 Å². The molecule has 25 heavy (non-hydrogen) atoms. The quantitative estimate of drug-likeness (QED) is 0.711. The van der Waals surface area contributed by atoms with Gasteiger partial charge in [-0.25, -0.2) is 4.39 Å². The average molecular weight is 348 g/mol. The molecule has 2 aromatic rings. The van der Waals surface area contributed by atoms with Crippen LogP contribution in [0.3, 0.4) is 0 Å². The molecule has 0 atom stereocenters. The third-order valence-electron chi connectivity index (χ3n) is 3.09. The number of carbonyl (C=O) groups excluding carboxylic acids is 3. The number of benzene rings is 1. The zero-order chi connectivity index (χ0) is 18.1. The second-order valence-corrected chi connectivity index (χ2v) is 5.07. The Balaban J connectivity index is 1.60. The molecule has 7 nitrogen and oxygen atoms in total. The molecule has 8 heteroatoms. The van der Waals surface area contributed by atoms with Crippen molar-refractivity contribution in [3.8, 4) is 0 Å². The number of esters is 1. The fraction of sp³-hybridized carbons (Fsp3) is 0.235. The number of nitrogens with one attached hydrogen (secondary N) is 2. The first-order valence-corrected chi connectivity index (χ1v) is 7.53. The van der Waals surface area contributed by atoms with E-state index in [0.717, 1.165) is 0 Å². The van der Waals surface area contributed by atoms with E-state index in [9.17, 15) is 18.8 Å². The Kier molecular flexibility index (Phi) is 6.70. The molecule has 1 aromatic carbocycles. The summed E-state index contributed by atoms with van der Waals surface area (Å²) in [5.41, 5.74) is 0.389. The topological polar surface area (TPSA) is 97.6 Å². The van der Waals surface area contributed by atoms with Gasteiger partial charge in [0, 0.05) is 12.1 Å². The van der Waals surface area contributed by atoms with Crippen LogP contribution in [0.25, 0.3) is 0 Å². The maximum atomic E-state index is 12.7. The SMILES string of the molecule is O=C(CCC(=O)OCC(=O)Nc1ccc(F)cc1)NCc1ccco1. The number of halogens is 1. The van der Waals surface area contributed by atoms with Gasteiger partial charge in [0.05, 0.1) is 19.2 Å². The van der Waals surface area contributed by atoms with Gasteiger partial charge >= 0.3 is 5.97 Å². The Morgan fingerprint density at radius 3 is 2.48 bits per heavy atom. The Bertz CT molecular complexity index is 713. The number of rotatable bonds is 8. The molecule has 0 aliphatic carbocycles. The standard InChI is InChI=1S/C17H17FN2O5/c18-12-3-5-13(6-4-12)20-16(22)11-25-17(23)8-7-15(21)19-10-14-2-1-9-24-14/h1-6,9H,7-8,10-11H2,(H,19,21)(H,20,22). The molecule has 2 amide bonds. The molecule has 2 rings (SSSR count). The number of furan rings is 1. The molecule has 0 saturated heterocycles. The van der Waals surface area contributed by atoms with Crippen molar-refractivity contribution < 1.29 is 27.9 Å². The third-order valence-corrected chi connectivity index (χ3v) is 3.09. The van der Waals surface area contributed by atoms with Gasteiger partial charge in [0.25, 0.3) is 5.91 Å². The molecule has 0 bridgehead atoms. The normalized spacial score (nSPS) is 10.1. The van der Waals surface area contributed by atoms with Crippen LogP contribution in [0, 0.1) is 5.82 Å². The van der Waals surface area contributed by atoms with Gasteiger partial charge in [0.15, 0.2) is 6.61 Å². The van der Waals surface area contributed by atoms with E-state index in [0.29, 0.717) is 11.4 Å². The monoisotopic (exact) mass is 348 g/mol. The highest BCUT2D eigenvalue weighted by Crippen LogP contribution is 2.08. The van der Waals surface area contributed by atoms with E-state index in [1.165, 1.54) is 30.5 Å². The van der Waals surface area contributed by atoms with Gasteiger partial charge in [0.1, 0.15) is 11.6 Å². The minimum atomic E-state index is -0.664. The smallest absolute Gasteiger partial charge is 0.306 e. The first-order chi connectivity index (χ1) is 12.0. The summed E-state index contributed by atoms with van der Waals surface area (Å²) in [6, 6.07) is 8.59. The Labute approximate surface area is 143 Å². The summed E-state index contributed by atoms with van der Waals surface area (Å²) in [7, 11) is 0. The zero-order valence-corrected chi connectivity index (χ0v) is 13.3. The Hall–Kier alpha value is -3.16. The van der Waals surface area contributed by atoms with Crippen molar-refractivity contribution in [3.63, 3.8) is 0 Å². The maximum Gasteiger partial charge on any atom is 0.306 e. The lowest BCUT2D eigenvalue weighted by atomic mass is 10.3. The first kappa shape index (κ1) is 18.2. The largest absolute Gasteiger partial charge is 0.467 e. The molecule has 0 unspecified atom stereocenters. The second-order valence-electron chi connectivity index (χ2n) is 5.07. The predicted molar refractivity (Wildman–Crippen MR) is 85.8 cm³/mol. The highest BCUT2D eigenvalue weighted by atomic mass is 19.1. The molecule has 0 fully saturated rings. The van der Waals surface area contributed by atoms with Crippen LogP contribution in [0.15, 0.2) is 47.1 Å². The van der Waals surface area contributed by atoms with Crippen molar-refractivity contribution in [1.82, 2.24) is 5.32 Å². The molecule has 2 N–H and O–H groups in total. The average Bonchev–Trinajstić information content (AvgIpc) is 3.12. The van der Waals surface area contributed by atoms with E-state index >= 15 is 0 Å². The van der Waals surface area contributed by atoms with E-state index in [1.54, 1.807) is 12.1 Å². The highest BCUT2D eigenvalue weighted by molar-refractivity contribution is 5.92. The summed E-state index contributed by atoms with van der Waals surface area (Å²) >= 11 is 0. The summed E-state index contributed by atoms with van der Waals surface area (Å²) in [6.45, 7) is -0.245. The highest BCUT2D eigenvalue weighted by Gasteiger charge is 2.11. The van der Waals surface area contributed by atoms with Crippen molar-refractivity contribution >= 4 is 23.5 Å². The van der Waals surface area contributed by atoms with Crippen molar-refractivity contribution in [1.29, 1.82) is 0 Å². The number of hydrogen-bond acceptors (Lipinski definition) is 5. The van der Waals surface area contributed by atoms with Crippen molar-refractivity contribution in [2.45, 2.75) is 19.4 Å². The van der Waals surface area contributed by atoms with Crippen LogP contribution in [0.1, 0.15) is 18.6 Å². The van der Waals surface area contributed by atoms with E-state index < -0.39 is 24.3 Å². The van der Waals surface area contributed by atoms with Crippen LogP contribution in [0.2, 0.25) is 0 Å². The van der Waals surface area contributed by atoms with Crippen LogP contribution in [0.4, 0.5) is 10.1 Å². The van der Waals surface area contributed by atoms with Crippen molar-refractivity contribution in [3.05, 3.63) is 54.2 Å². The number of amides is 2. The molecule has 0 radical (unpaired) electrons. The van der Waals surface area contributed by atoms with Crippen LogP contribution >= 0.6 is 0 Å². The molecule has 1 aromatic heterocycles. The summed E-state index contributed by atoms with van der Waals surface area (Å²) in [5.74, 6) is -1.36. The predicted octanol–water partition coefficient (Wildman–Crippen LogP) is 2.00. The van der Waals surface area contributed by atoms with Crippen LogP contribution in [-0.4, -0.2) is 24.4 Å². The van der Waals surface area contributed by atoms with Crippen molar-refractivity contribution in [2.75, 3.05) is 11.9 Å².